The summed E-state index contributed by atoms with van der Waals surface area (Å²) in [4.78, 5) is 7.24. The second-order valence-corrected chi connectivity index (χ2v) is 7.26. The van der Waals surface area contributed by atoms with Gasteiger partial charge in [0, 0.05) is 23.6 Å². The minimum atomic E-state index is 0. The average molecular weight is 442 g/mol. The number of para-hydroxylation sites is 1. The topological polar surface area (TPSA) is 35.8 Å². The number of hydrogen-bond donors (Lipinski definition) is 1. The summed E-state index contributed by atoms with van der Waals surface area (Å²) < 4.78 is 0. The number of likely N-dealkylation sites (N-methyl/N-ethyl adjacent to an activating group) is 1. The molecule has 3 rings (SSSR count). The van der Waals surface area contributed by atoms with Crippen LogP contribution in [0.1, 0.15) is 11.1 Å². The first-order valence-corrected chi connectivity index (χ1v) is 8.51. The van der Waals surface area contributed by atoms with Gasteiger partial charge in [-0.3, -0.25) is 9.89 Å². The molecule has 0 aromatic heterocycles. The summed E-state index contributed by atoms with van der Waals surface area (Å²) in [6.07, 6.45) is 0. The molecule has 1 fully saturated rings. The van der Waals surface area contributed by atoms with Gasteiger partial charge in [-0.1, -0.05) is 12.1 Å². The SMILES string of the molecule is Cc1cccc(C2=NC(C3SCCN3C)CS2)c1O.[CH3-].[Cs+]. The third-order valence-corrected chi connectivity index (χ3v) is 6.18. The van der Waals surface area contributed by atoms with Crippen molar-refractivity contribution < 1.29 is 74.0 Å². The summed E-state index contributed by atoms with van der Waals surface area (Å²) in [7, 11) is 2.17. The molecule has 0 spiro atoms. The summed E-state index contributed by atoms with van der Waals surface area (Å²) in [6.45, 7) is 3.08. The van der Waals surface area contributed by atoms with Crippen LogP contribution in [-0.4, -0.2) is 51.6 Å². The van der Waals surface area contributed by atoms with E-state index < -0.39 is 0 Å². The van der Waals surface area contributed by atoms with Gasteiger partial charge in [-0.2, -0.15) is 0 Å². The first-order chi connectivity index (χ1) is 9.16. The zero-order chi connectivity index (χ0) is 13.4. The van der Waals surface area contributed by atoms with Crippen molar-refractivity contribution in [2.45, 2.75) is 18.3 Å². The van der Waals surface area contributed by atoms with E-state index in [9.17, 15) is 5.11 Å². The van der Waals surface area contributed by atoms with Crippen molar-refractivity contribution >= 4 is 28.6 Å². The van der Waals surface area contributed by atoms with E-state index in [1.165, 1.54) is 5.75 Å². The van der Waals surface area contributed by atoms with Crippen LogP contribution in [0.15, 0.2) is 23.2 Å². The van der Waals surface area contributed by atoms with Crippen LogP contribution in [0.5, 0.6) is 5.75 Å². The number of thioether (sulfide) groups is 2. The molecule has 0 bridgehead atoms. The minimum absolute atomic E-state index is 0. The van der Waals surface area contributed by atoms with Gasteiger partial charge in [-0.15, -0.1) is 23.5 Å². The summed E-state index contributed by atoms with van der Waals surface area (Å²) in [5.41, 5.74) is 1.80. The predicted octanol–water partition coefficient (Wildman–Crippen LogP) is 0.0216. The molecule has 2 unspecified atom stereocenters. The molecule has 0 amide bonds. The van der Waals surface area contributed by atoms with E-state index in [2.05, 4.69) is 11.9 Å². The molecule has 1 saturated heterocycles. The molecular weight excluding hydrogens is 421 g/mol. The Bertz CT molecular complexity index is 524. The standard InChI is InChI=1S/C14H18N2OS2.CH3.Cs/c1-9-4-3-5-10(12(9)17)13-15-11(8-19-13)14-16(2)6-7-18-14;;/h3-5,11,14,17H,6-8H2,1-2H3;1H3;/q;-1;+1. The Kier molecular flexibility index (Phi) is 8.80. The van der Waals surface area contributed by atoms with Crippen molar-refractivity contribution in [3.8, 4) is 5.75 Å². The van der Waals surface area contributed by atoms with Crippen molar-refractivity contribution in [2.24, 2.45) is 4.99 Å². The van der Waals surface area contributed by atoms with Crippen LogP contribution in [0.4, 0.5) is 0 Å². The zero-order valence-electron chi connectivity index (χ0n) is 13.2. The van der Waals surface area contributed by atoms with Gasteiger partial charge in [0.05, 0.1) is 11.4 Å². The Labute approximate surface area is 195 Å². The maximum Gasteiger partial charge on any atom is 1.00 e. The number of aryl methyl sites for hydroxylation is 1. The van der Waals surface area contributed by atoms with Crippen LogP contribution in [0.3, 0.4) is 0 Å². The third kappa shape index (κ3) is 4.48. The minimum Gasteiger partial charge on any atom is -0.507 e. The molecule has 2 heterocycles. The number of hydrogen-bond acceptors (Lipinski definition) is 5. The molecule has 2 aliphatic rings. The van der Waals surface area contributed by atoms with Crippen molar-refractivity contribution in [2.75, 3.05) is 25.1 Å². The van der Waals surface area contributed by atoms with Gasteiger partial charge in [-0.05, 0) is 25.6 Å². The third-order valence-electron chi connectivity index (χ3n) is 3.64. The van der Waals surface area contributed by atoms with Crippen LogP contribution >= 0.6 is 23.5 Å². The number of rotatable bonds is 2. The number of nitrogens with zero attached hydrogens (tertiary/aromatic N) is 2. The van der Waals surface area contributed by atoms with E-state index in [1.807, 2.05) is 36.9 Å². The largest absolute Gasteiger partial charge is 1.00 e. The first-order valence-electron chi connectivity index (χ1n) is 6.48. The number of benzene rings is 1. The van der Waals surface area contributed by atoms with Crippen molar-refractivity contribution in [3.05, 3.63) is 36.8 Å². The maximum absolute atomic E-state index is 10.2. The van der Waals surface area contributed by atoms with Crippen LogP contribution < -0.4 is 68.9 Å². The molecule has 21 heavy (non-hydrogen) atoms. The Hall–Kier alpha value is 1.40. The molecular formula is C15H21CsN2OS2. The molecule has 3 nitrogen and oxygen atoms in total. The van der Waals surface area contributed by atoms with Crippen LogP contribution in [-0.2, 0) is 0 Å². The molecule has 1 N–H and O–H groups in total. The van der Waals surface area contributed by atoms with Gasteiger partial charge in [0.25, 0.3) is 0 Å². The van der Waals surface area contributed by atoms with Gasteiger partial charge in [0.15, 0.2) is 0 Å². The van der Waals surface area contributed by atoms with E-state index in [0.717, 1.165) is 28.5 Å². The monoisotopic (exact) mass is 442 g/mol. The maximum atomic E-state index is 10.2. The first kappa shape index (κ1) is 20.4. The van der Waals surface area contributed by atoms with Crippen molar-refractivity contribution in [1.82, 2.24) is 4.90 Å². The smallest absolute Gasteiger partial charge is 0.507 e. The van der Waals surface area contributed by atoms with Gasteiger partial charge in [0.1, 0.15) is 10.8 Å². The predicted molar refractivity (Wildman–Crippen MR) is 90.9 cm³/mol. The molecule has 0 radical (unpaired) electrons. The van der Waals surface area contributed by atoms with Crippen molar-refractivity contribution in [3.63, 3.8) is 0 Å². The molecule has 0 aliphatic carbocycles. The van der Waals surface area contributed by atoms with E-state index in [1.54, 1.807) is 11.8 Å². The number of aliphatic imine (C=N–C) groups is 1. The molecule has 2 aliphatic heterocycles. The van der Waals surface area contributed by atoms with E-state index >= 15 is 0 Å². The normalized spacial score (nSPS) is 25.1. The second kappa shape index (κ2) is 9.03. The molecule has 2 atom stereocenters. The fraction of sp³-hybridized carbons (Fsp3) is 0.467. The van der Waals surface area contributed by atoms with E-state index in [-0.39, 0.29) is 76.3 Å². The summed E-state index contributed by atoms with van der Waals surface area (Å²) in [5.74, 6) is 2.59. The summed E-state index contributed by atoms with van der Waals surface area (Å²) in [6, 6.07) is 6.22. The Balaban J connectivity index is 0.00000110. The van der Waals surface area contributed by atoms with Crippen molar-refractivity contribution in [1.29, 1.82) is 0 Å². The quantitative estimate of drug-likeness (QED) is 0.656. The molecule has 1 aromatic rings. The van der Waals surface area contributed by atoms with Gasteiger partial charge < -0.3 is 12.5 Å². The van der Waals surface area contributed by atoms with Gasteiger partial charge in [0.2, 0.25) is 0 Å². The molecule has 0 saturated carbocycles. The number of phenols is 1. The number of phenolic OH excluding ortho intramolecular Hbond substituents is 1. The van der Waals surface area contributed by atoms with Crippen LogP contribution in [0.2, 0.25) is 0 Å². The summed E-state index contributed by atoms with van der Waals surface area (Å²) >= 11 is 3.76. The van der Waals surface area contributed by atoms with Gasteiger partial charge >= 0.3 is 68.9 Å². The molecule has 110 valence electrons. The van der Waals surface area contributed by atoms with Gasteiger partial charge in [-0.25, -0.2) is 0 Å². The van der Waals surface area contributed by atoms with E-state index in [4.69, 9.17) is 4.99 Å². The second-order valence-electron chi connectivity index (χ2n) is 5.03. The molecule has 1 aromatic carbocycles. The Morgan fingerprint density at radius 3 is 2.81 bits per heavy atom. The zero-order valence-corrected chi connectivity index (χ0v) is 21.1. The van der Waals surface area contributed by atoms with Crippen LogP contribution in [0.25, 0.3) is 0 Å². The Morgan fingerprint density at radius 2 is 2.14 bits per heavy atom. The average Bonchev–Trinajstić information content (AvgIpc) is 3.01. The number of aromatic hydroxyl groups is 1. The summed E-state index contributed by atoms with van der Waals surface area (Å²) in [5, 5.41) is 11.6. The van der Waals surface area contributed by atoms with Crippen LogP contribution in [0, 0.1) is 14.4 Å². The fourth-order valence-electron chi connectivity index (χ4n) is 2.49. The molecule has 6 heteroatoms. The van der Waals surface area contributed by atoms with E-state index in [0.29, 0.717) is 17.2 Å². The fourth-order valence-corrected chi connectivity index (χ4v) is 5.10. The Morgan fingerprint density at radius 1 is 1.38 bits per heavy atom.